The van der Waals surface area contributed by atoms with E-state index in [-0.39, 0.29) is 17.1 Å². The summed E-state index contributed by atoms with van der Waals surface area (Å²) in [6, 6.07) is 3.93. The van der Waals surface area contributed by atoms with Crippen LogP contribution >= 0.6 is 11.3 Å². The molecule has 0 aromatic carbocycles. The van der Waals surface area contributed by atoms with E-state index in [0.717, 1.165) is 17.0 Å². The van der Waals surface area contributed by atoms with Crippen molar-refractivity contribution in [2.45, 2.75) is 33.2 Å². The van der Waals surface area contributed by atoms with Crippen LogP contribution in [0.2, 0.25) is 0 Å². The lowest BCUT2D eigenvalue weighted by Crippen LogP contribution is -2.29. The predicted molar refractivity (Wildman–Crippen MR) is 94.9 cm³/mol. The zero-order chi connectivity index (χ0) is 17.6. The van der Waals surface area contributed by atoms with Gasteiger partial charge in [-0.05, 0) is 23.3 Å². The molecular formula is C18H18N4O2S. The highest BCUT2D eigenvalue weighted by Crippen LogP contribution is 2.34. The van der Waals surface area contributed by atoms with E-state index in [2.05, 4.69) is 29.2 Å². The maximum Gasteiger partial charge on any atom is 0.257 e. The Kier molecular flexibility index (Phi) is 3.68. The molecule has 0 radical (unpaired) electrons. The highest BCUT2D eigenvalue weighted by molar-refractivity contribution is 7.09. The fourth-order valence-electron chi connectivity index (χ4n) is 3.26. The van der Waals surface area contributed by atoms with Gasteiger partial charge in [0.15, 0.2) is 11.4 Å². The zero-order valence-corrected chi connectivity index (χ0v) is 14.9. The average molecular weight is 354 g/mol. The molecule has 1 N–H and O–H groups in total. The highest BCUT2D eigenvalue weighted by Gasteiger charge is 2.33. The first-order valence-corrected chi connectivity index (χ1v) is 9.02. The van der Waals surface area contributed by atoms with Crippen molar-refractivity contribution < 1.29 is 9.59 Å². The van der Waals surface area contributed by atoms with Gasteiger partial charge in [0.2, 0.25) is 0 Å². The smallest absolute Gasteiger partial charge is 0.257 e. The van der Waals surface area contributed by atoms with Crippen molar-refractivity contribution >= 4 is 28.7 Å². The van der Waals surface area contributed by atoms with Crippen molar-refractivity contribution in [1.29, 1.82) is 0 Å². The van der Waals surface area contributed by atoms with Gasteiger partial charge in [-0.2, -0.15) is 5.10 Å². The van der Waals surface area contributed by atoms with Gasteiger partial charge >= 0.3 is 0 Å². The molecule has 0 spiro atoms. The van der Waals surface area contributed by atoms with Crippen LogP contribution in [0, 0.1) is 5.41 Å². The van der Waals surface area contributed by atoms with Gasteiger partial charge in [-0.25, -0.2) is 9.50 Å². The molecule has 0 unspecified atom stereocenters. The summed E-state index contributed by atoms with van der Waals surface area (Å²) in [4.78, 5) is 30.3. The Morgan fingerprint density at radius 3 is 2.96 bits per heavy atom. The Morgan fingerprint density at radius 2 is 2.20 bits per heavy atom. The van der Waals surface area contributed by atoms with Gasteiger partial charge in [0.25, 0.3) is 5.91 Å². The molecule has 6 nitrogen and oxygen atoms in total. The largest absolute Gasteiger partial charge is 0.347 e. The van der Waals surface area contributed by atoms with Gasteiger partial charge in [0.05, 0.1) is 24.0 Å². The van der Waals surface area contributed by atoms with E-state index >= 15 is 0 Å². The molecular weight excluding hydrogens is 336 g/mol. The number of hydrogen-bond donors (Lipinski definition) is 1. The third kappa shape index (κ3) is 2.84. The number of aromatic nitrogens is 3. The molecule has 0 fully saturated rings. The summed E-state index contributed by atoms with van der Waals surface area (Å²) in [5, 5.41) is 9.21. The number of hydrogen-bond acceptors (Lipinski definition) is 5. The molecule has 0 bridgehead atoms. The van der Waals surface area contributed by atoms with Crippen LogP contribution < -0.4 is 5.32 Å². The van der Waals surface area contributed by atoms with Gasteiger partial charge in [-0.3, -0.25) is 9.59 Å². The highest BCUT2D eigenvalue weighted by atomic mass is 32.1. The number of thiophene rings is 1. The third-order valence-electron chi connectivity index (χ3n) is 4.46. The van der Waals surface area contributed by atoms with Crippen molar-refractivity contribution in [3.05, 3.63) is 51.6 Å². The van der Waals surface area contributed by atoms with Crippen molar-refractivity contribution in [3.8, 4) is 0 Å². The summed E-state index contributed by atoms with van der Waals surface area (Å²) in [5.41, 5.74) is 2.25. The maximum atomic E-state index is 12.5. The standard InChI is InChI=1S/C18H18N4O2S/c1-18(2)6-14-12(15(23)7-18)9-19-16-13(10-21-22(14)16)17(24)20-8-11-4-3-5-25-11/h3-5,9-10H,6-8H2,1-2H3,(H,20,24). The Labute approximate surface area is 148 Å². The van der Waals surface area contributed by atoms with Crippen LogP contribution in [0.3, 0.4) is 0 Å². The number of nitrogens with zero attached hydrogens (tertiary/aromatic N) is 3. The number of carbonyl (C=O) groups excluding carboxylic acids is 2. The van der Waals surface area contributed by atoms with E-state index in [9.17, 15) is 9.59 Å². The third-order valence-corrected chi connectivity index (χ3v) is 5.34. The first-order chi connectivity index (χ1) is 11.9. The first kappa shape index (κ1) is 16.0. The molecule has 0 saturated heterocycles. The minimum atomic E-state index is -0.211. The number of amides is 1. The van der Waals surface area contributed by atoms with Gasteiger partial charge in [0, 0.05) is 17.5 Å². The van der Waals surface area contributed by atoms with Gasteiger partial charge < -0.3 is 5.32 Å². The molecule has 3 aromatic rings. The Bertz CT molecular complexity index is 973. The van der Waals surface area contributed by atoms with Gasteiger partial charge in [-0.15, -0.1) is 11.3 Å². The first-order valence-electron chi connectivity index (χ1n) is 8.14. The summed E-state index contributed by atoms with van der Waals surface area (Å²) < 4.78 is 1.65. The molecule has 1 aliphatic rings. The van der Waals surface area contributed by atoms with E-state index in [4.69, 9.17) is 0 Å². The van der Waals surface area contributed by atoms with Crippen LogP contribution in [-0.2, 0) is 13.0 Å². The van der Waals surface area contributed by atoms with Crippen molar-refractivity contribution in [3.63, 3.8) is 0 Å². The minimum Gasteiger partial charge on any atom is -0.347 e. The molecule has 128 valence electrons. The topological polar surface area (TPSA) is 76.4 Å². The fourth-order valence-corrected chi connectivity index (χ4v) is 3.91. The van der Waals surface area contributed by atoms with Crippen molar-refractivity contribution in [2.75, 3.05) is 0 Å². The lowest BCUT2D eigenvalue weighted by molar-refractivity contribution is 0.0907. The molecule has 0 atom stereocenters. The van der Waals surface area contributed by atoms with E-state index in [1.165, 1.54) is 6.20 Å². The second kappa shape index (κ2) is 5.77. The Hall–Kier alpha value is -2.54. The molecule has 7 heteroatoms. The number of fused-ring (bicyclic) bond motifs is 3. The van der Waals surface area contributed by atoms with Crippen LogP contribution in [-0.4, -0.2) is 26.3 Å². The number of Topliss-reactive ketones (excluding diaryl/α,β-unsaturated/α-hetero) is 1. The Morgan fingerprint density at radius 1 is 1.36 bits per heavy atom. The summed E-state index contributed by atoms with van der Waals surface area (Å²) in [7, 11) is 0. The molecule has 25 heavy (non-hydrogen) atoms. The predicted octanol–water partition coefficient (Wildman–Crippen LogP) is 2.88. The van der Waals surface area contributed by atoms with E-state index < -0.39 is 0 Å². The summed E-state index contributed by atoms with van der Waals surface area (Å²) >= 11 is 1.60. The van der Waals surface area contributed by atoms with Crippen LogP contribution in [0.5, 0.6) is 0 Å². The van der Waals surface area contributed by atoms with Crippen LogP contribution in [0.1, 0.15) is 51.6 Å². The van der Waals surface area contributed by atoms with E-state index in [1.54, 1.807) is 22.0 Å². The van der Waals surface area contributed by atoms with E-state index in [1.807, 2.05) is 17.5 Å². The molecule has 3 aromatic heterocycles. The van der Waals surface area contributed by atoms with Crippen LogP contribution in [0.25, 0.3) is 5.65 Å². The monoisotopic (exact) mass is 354 g/mol. The molecule has 0 aliphatic heterocycles. The Balaban J connectivity index is 1.68. The van der Waals surface area contributed by atoms with Crippen molar-refractivity contribution in [1.82, 2.24) is 19.9 Å². The fraction of sp³-hybridized carbons (Fsp3) is 0.333. The molecule has 1 aliphatic carbocycles. The zero-order valence-electron chi connectivity index (χ0n) is 14.1. The van der Waals surface area contributed by atoms with E-state index in [0.29, 0.717) is 29.7 Å². The van der Waals surface area contributed by atoms with Crippen LogP contribution in [0.4, 0.5) is 0 Å². The quantitative estimate of drug-likeness (QED) is 0.785. The molecule has 0 saturated carbocycles. The molecule has 1 amide bonds. The second-order valence-electron chi connectivity index (χ2n) is 7.12. The second-order valence-corrected chi connectivity index (χ2v) is 8.15. The average Bonchev–Trinajstić information content (AvgIpc) is 3.21. The summed E-state index contributed by atoms with van der Waals surface area (Å²) in [5.74, 6) is -0.128. The SMILES string of the molecule is CC1(C)CC(=O)c2cnc3c(C(=O)NCc4cccs4)cnn3c2C1. The van der Waals surface area contributed by atoms with Gasteiger partial charge in [-0.1, -0.05) is 19.9 Å². The molecule has 3 heterocycles. The number of nitrogens with one attached hydrogen (secondary N) is 1. The normalized spacial score (nSPS) is 16.0. The van der Waals surface area contributed by atoms with Gasteiger partial charge in [0.1, 0.15) is 5.56 Å². The van der Waals surface area contributed by atoms with Crippen molar-refractivity contribution in [2.24, 2.45) is 5.41 Å². The number of ketones is 1. The minimum absolute atomic E-state index is 0.0832. The number of rotatable bonds is 3. The molecule has 4 rings (SSSR count). The summed E-state index contributed by atoms with van der Waals surface area (Å²) in [6.45, 7) is 4.61. The lowest BCUT2D eigenvalue weighted by Gasteiger charge is -2.29. The van der Waals surface area contributed by atoms with Crippen LogP contribution in [0.15, 0.2) is 29.9 Å². The lowest BCUT2D eigenvalue weighted by atomic mass is 9.76. The maximum absolute atomic E-state index is 12.5. The summed E-state index contributed by atoms with van der Waals surface area (Å²) in [6.07, 6.45) is 4.34. The number of carbonyl (C=O) groups is 2.